The largest absolute Gasteiger partial charge is 0.497 e. The van der Waals surface area contributed by atoms with Gasteiger partial charge >= 0.3 is 0 Å². The minimum absolute atomic E-state index is 0.138. The summed E-state index contributed by atoms with van der Waals surface area (Å²) in [5, 5.41) is 0.730. The number of rotatable bonds is 4. The van der Waals surface area contributed by atoms with Crippen LogP contribution in [-0.4, -0.2) is 13.7 Å². The molecule has 0 aromatic heterocycles. The van der Waals surface area contributed by atoms with Gasteiger partial charge in [-0.3, -0.25) is 0 Å². The number of nitrogens with two attached hydrogens (primary N) is 1. The molecule has 0 radical (unpaired) electrons. The van der Waals surface area contributed by atoms with Gasteiger partial charge in [-0.15, -0.1) is 0 Å². The van der Waals surface area contributed by atoms with E-state index in [4.69, 9.17) is 22.1 Å². The lowest BCUT2D eigenvalue weighted by Crippen LogP contribution is -2.13. The Kier molecular flexibility index (Phi) is 4.24. The molecule has 0 saturated heterocycles. The fourth-order valence-corrected chi connectivity index (χ4v) is 2.24. The van der Waals surface area contributed by atoms with E-state index in [1.54, 1.807) is 7.11 Å². The van der Waals surface area contributed by atoms with E-state index in [0.717, 1.165) is 21.9 Å². The van der Waals surface area contributed by atoms with Crippen molar-refractivity contribution in [3.8, 4) is 5.75 Å². The molecule has 2 N–H and O–H groups in total. The van der Waals surface area contributed by atoms with Crippen LogP contribution in [-0.2, 0) is 0 Å². The molecule has 0 bridgehead atoms. The summed E-state index contributed by atoms with van der Waals surface area (Å²) in [6.45, 7) is 0.535. The third kappa shape index (κ3) is 2.84. The summed E-state index contributed by atoms with van der Waals surface area (Å²) in [6.07, 6.45) is 0. The second kappa shape index (κ2) is 5.89. The van der Waals surface area contributed by atoms with Gasteiger partial charge in [0.15, 0.2) is 0 Å². The van der Waals surface area contributed by atoms with E-state index in [9.17, 15) is 0 Å². The van der Waals surface area contributed by atoms with Crippen LogP contribution in [0.15, 0.2) is 48.5 Å². The molecule has 1 unspecified atom stereocenters. The van der Waals surface area contributed by atoms with Crippen LogP contribution in [0.1, 0.15) is 17.0 Å². The van der Waals surface area contributed by atoms with Crippen LogP contribution in [0, 0.1) is 0 Å². The van der Waals surface area contributed by atoms with Crippen molar-refractivity contribution in [2.75, 3.05) is 13.7 Å². The van der Waals surface area contributed by atoms with Crippen molar-refractivity contribution in [3.05, 3.63) is 64.7 Å². The molecule has 94 valence electrons. The predicted molar refractivity (Wildman–Crippen MR) is 75.3 cm³/mol. The maximum absolute atomic E-state index is 6.03. The van der Waals surface area contributed by atoms with Crippen LogP contribution in [0.5, 0.6) is 5.75 Å². The number of hydrogen-bond acceptors (Lipinski definition) is 2. The molecule has 18 heavy (non-hydrogen) atoms. The third-order valence-electron chi connectivity index (χ3n) is 2.98. The lowest BCUT2D eigenvalue weighted by molar-refractivity contribution is 0.414. The average molecular weight is 262 g/mol. The fraction of sp³-hybridized carbons (Fsp3) is 0.200. The third-order valence-corrected chi connectivity index (χ3v) is 3.22. The quantitative estimate of drug-likeness (QED) is 0.915. The van der Waals surface area contributed by atoms with Gasteiger partial charge in [0.25, 0.3) is 0 Å². The molecule has 2 nitrogen and oxygen atoms in total. The van der Waals surface area contributed by atoms with Crippen LogP contribution in [0.3, 0.4) is 0 Å². The topological polar surface area (TPSA) is 35.2 Å². The second-order valence-corrected chi connectivity index (χ2v) is 4.56. The first-order chi connectivity index (χ1) is 8.74. The van der Waals surface area contributed by atoms with E-state index in [1.165, 1.54) is 0 Å². The highest BCUT2D eigenvalue weighted by molar-refractivity contribution is 6.30. The van der Waals surface area contributed by atoms with Gasteiger partial charge in [0.05, 0.1) is 7.11 Å². The average Bonchev–Trinajstić information content (AvgIpc) is 2.40. The van der Waals surface area contributed by atoms with Crippen LogP contribution in [0.4, 0.5) is 0 Å². The molecule has 0 aliphatic rings. The Bertz CT molecular complexity index is 527. The lowest BCUT2D eigenvalue weighted by Gasteiger charge is -2.16. The molecule has 2 aromatic rings. The van der Waals surface area contributed by atoms with Crippen molar-refractivity contribution in [1.82, 2.24) is 0 Å². The number of hydrogen-bond donors (Lipinski definition) is 1. The van der Waals surface area contributed by atoms with Gasteiger partial charge in [-0.1, -0.05) is 35.9 Å². The summed E-state index contributed by atoms with van der Waals surface area (Å²) in [7, 11) is 1.66. The Morgan fingerprint density at radius 2 is 1.78 bits per heavy atom. The fourth-order valence-electron chi connectivity index (χ4n) is 2.05. The van der Waals surface area contributed by atoms with Gasteiger partial charge in [-0.25, -0.2) is 0 Å². The van der Waals surface area contributed by atoms with Crippen molar-refractivity contribution in [2.24, 2.45) is 5.73 Å². The van der Waals surface area contributed by atoms with Crippen molar-refractivity contribution in [3.63, 3.8) is 0 Å². The van der Waals surface area contributed by atoms with Gasteiger partial charge in [0, 0.05) is 17.5 Å². The summed E-state index contributed by atoms with van der Waals surface area (Å²) in [5.41, 5.74) is 8.16. The van der Waals surface area contributed by atoms with Crippen molar-refractivity contribution < 1.29 is 4.74 Å². The van der Waals surface area contributed by atoms with E-state index in [1.807, 2.05) is 42.5 Å². The van der Waals surface area contributed by atoms with Crippen LogP contribution < -0.4 is 10.5 Å². The molecule has 0 spiro atoms. The van der Waals surface area contributed by atoms with Gasteiger partial charge in [-0.05, 0) is 35.4 Å². The molecule has 0 amide bonds. The Hall–Kier alpha value is -1.51. The molecule has 0 aliphatic heterocycles. The van der Waals surface area contributed by atoms with E-state index in [0.29, 0.717) is 6.54 Å². The molecule has 0 heterocycles. The van der Waals surface area contributed by atoms with Crippen LogP contribution in [0.2, 0.25) is 5.02 Å². The molecule has 2 aromatic carbocycles. The summed E-state index contributed by atoms with van der Waals surface area (Å²) < 4.78 is 5.24. The highest BCUT2D eigenvalue weighted by Gasteiger charge is 2.13. The molecule has 1 atom stereocenters. The molecule has 2 rings (SSSR count). The van der Waals surface area contributed by atoms with Crippen molar-refractivity contribution in [1.29, 1.82) is 0 Å². The Labute approximate surface area is 112 Å². The van der Waals surface area contributed by atoms with E-state index in [-0.39, 0.29) is 5.92 Å². The first-order valence-corrected chi connectivity index (χ1v) is 6.22. The number of benzene rings is 2. The van der Waals surface area contributed by atoms with Crippen molar-refractivity contribution >= 4 is 11.6 Å². The van der Waals surface area contributed by atoms with E-state index >= 15 is 0 Å². The lowest BCUT2D eigenvalue weighted by atomic mass is 9.91. The van der Waals surface area contributed by atoms with E-state index < -0.39 is 0 Å². The zero-order valence-corrected chi connectivity index (χ0v) is 11.0. The molecule has 0 saturated carbocycles. The first-order valence-electron chi connectivity index (χ1n) is 5.84. The summed E-state index contributed by atoms with van der Waals surface area (Å²) in [5.74, 6) is 0.978. The monoisotopic (exact) mass is 261 g/mol. The van der Waals surface area contributed by atoms with Gasteiger partial charge in [-0.2, -0.15) is 0 Å². The van der Waals surface area contributed by atoms with Crippen molar-refractivity contribution in [2.45, 2.75) is 5.92 Å². The second-order valence-electron chi connectivity index (χ2n) is 4.12. The minimum atomic E-state index is 0.138. The van der Waals surface area contributed by atoms with Crippen LogP contribution >= 0.6 is 11.6 Å². The number of methoxy groups -OCH3 is 1. The standard InChI is InChI=1S/C15H16ClNO/c1-18-14-7-3-5-12(9-14)15(10-17)11-4-2-6-13(16)8-11/h2-9,15H,10,17H2,1H3. The maximum atomic E-state index is 6.03. The van der Waals surface area contributed by atoms with Crippen LogP contribution in [0.25, 0.3) is 0 Å². The molecular weight excluding hydrogens is 246 g/mol. The highest BCUT2D eigenvalue weighted by Crippen LogP contribution is 2.27. The smallest absolute Gasteiger partial charge is 0.119 e. The zero-order valence-electron chi connectivity index (χ0n) is 10.3. The molecule has 0 fully saturated rings. The molecule has 0 aliphatic carbocycles. The summed E-state index contributed by atoms with van der Waals surface area (Å²) in [4.78, 5) is 0. The Morgan fingerprint density at radius 1 is 1.11 bits per heavy atom. The Morgan fingerprint density at radius 3 is 2.39 bits per heavy atom. The Balaban J connectivity index is 2.38. The normalized spacial score (nSPS) is 12.2. The summed E-state index contributed by atoms with van der Waals surface area (Å²) >= 11 is 6.03. The van der Waals surface area contributed by atoms with Gasteiger partial charge in [0.1, 0.15) is 5.75 Å². The SMILES string of the molecule is COc1cccc(C(CN)c2cccc(Cl)c2)c1. The maximum Gasteiger partial charge on any atom is 0.119 e. The molecular formula is C15H16ClNO. The van der Waals surface area contributed by atoms with Gasteiger partial charge < -0.3 is 10.5 Å². The van der Waals surface area contributed by atoms with E-state index in [2.05, 4.69) is 6.07 Å². The summed E-state index contributed by atoms with van der Waals surface area (Å²) in [6, 6.07) is 15.8. The number of halogens is 1. The number of ether oxygens (including phenoxy) is 1. The van der Waals surface area contributed by atoms with Gasteiger partial charge in [0.2, 0.25) is 0 Å². The minimum Gasteiger partial charge on any atom is -0.497 e. The first kappa shape index (κ1) is 12.9. The zero-order chi connectivity index (χ0) is 13.0. The predicted octanol–water partition coefficient (Wildman–Crippen LogP) is 3.44. The molecule has 3 heteroatoms. The highest BCUT2D eigenvalue weighted by atomic mass is 35.5.